The molecule has 172 valence electrons. The van der Waals surface area contributed by atoms with Gasteiger partial charge in [-0.2, -0.15) is 0 Å². The minimum absolute atomic E-state index is 0.199. The number of carbonyl (C=O) groups is 1. The van der Waals surface area contributed by atoms with Gasteiger partial charge in [0.2, 0.25) is 15.9 Å². The summed E-state index contributed by atoms with van der Waals surface area (Å²) in [7, 11) is -3.88. The highest BCUT2D eigenvalue weighted by Gasteiger charge is 2.61. The first-order chi connectivity index (χ1) is 14.8. The van der Waals surface area contributed by atoms with E-state index < -0.39 is 64.0 Å². The van der Waals surface area contributed by atoms with Gasteiger partial charge in [-0.15, -0.1) is 0 Å². The molecule has 1 saturated carbocycles. The molecular weight excluding hydrogens is 448 g/mol. The molecule has 0 bridgehead atoms. The van der Waals surface area contributed by atoms with Gasteiger partial charge in [0.25, 0.3) is 5.92 Å². The molecular formula is C22H22F4N2O3S. The summed E-state index contributed by atoms with van der Waals surface area (Å²) in [6.45, 7) is 0.277. The molecule has 1 saturated heterocycles. The van der Waals surface area contributed by atoms with Crippen LogP contribution in [-0.4, -0.2) is 50.5 Å². The Labute approximate surface area is 183 Å². The fourth-order valence-corrected chi connectivity index (χ4v) is 5.28. The van der Waals surface area contributed by atoms with Crippen molar-refractivity contribution in [1.82, 2.24) is 9.62 Å². The van der Waals surface area contributed by atoms with E-state index in [1.165, 1.54) is 6.07 Å². The van der Waals surface area contributed by atoms with E-state index in [0.717, 1.165) is 23.3 Å². The standard InChI is InChI=1S/C22H22F4N2O3S/c1-21(20(29)28-11-18(22(25,26)12-28)27-32(2,30)31)10-15(21)13-6-3-4-7-14(13)19-16(23)8-5-9-17(19)24/h3-9,15,18,27H,10-12H2,1-2H3. The first kappa shape index (κ1) is 22.7. The molecule has 1 amide bonds. The minimum Gasteiger partial charge on any atom is -0.334 e. The highest BCUT2D eigenvalue weighted by Crippen LogP contribution is 2.62. The van der Waals surface area contributed by atoms with Gasteiger partial charge < -0.3 is 4.90 Å². The average Bonchev–Trinajstić information content (AvgIpc) is 3.29. The third-order valence-corrected chi connectivity index (χ3v) is 6.96. The number of sulfonamides is 1. The third-order valence-electron chi connectivity index (χ3n) is 6.25. The van der Waals surface area contributed by atoms with Crippen LogP contribution in [0.4, 0.5) is 17.6 Å². The summed E-state index contributed by atoms with van der Waals surface area (Å²) in [6.07, 6.45) is 1.11. The van der Waals surface area contributed by atoms with E-state index >= 15 is 0 Å². The van der Waals surface area contributed by atoms with Crippen molar-refractivity contribution in [3.63, 3.8) is 0 Å². The molecule has 3 atom stereocenters. The zero-order valence-electron chi connectivity index (χ0n) is 17.4. The number of amides is 1. The molecule has 3 unspecified atom stereocenters. The summed E-state index contributed by atoms with van der Waals surface area (Å²) < 4.78 is 82.2. The molecule has 0 radical (unpaired) electrons. The molecule has 2 fully saturated rings. The number of benzene rings is 2. The fraction of sp³-hybridized carbons (Fsp3) is 0.409. The lowest BCUT2D eigenvalue weighted by molar-refractivity contribution is -0.137. The zero-order valence-corrected chi connectivity index (χ0v) is 18.2. The Morgan fingerprint density at radius 2 is 1.72 bits per heavy atom. The highest BCUT2D eigenvalue weighted by molar-refractivity contribution is 7.88. The summed E-state index contributed by atoms with van der Waals surface area (Å²) >= 11 is 0. The second kappa shape index (κ2) is 7.55. The number of nitrogens with zero attached hydrogens (tertiary/aromatic N) is 1. The van der Waals surface area contributed by atoms with E-state index in [-0.39, 0.29) is 5.56 Å². The Bertz CT molecular complexity index is 1170. The Morgan fingerprint density at radius 3 is 2.34 bits per heavy atom. The number of rotatable bonds is 5. The molecule has 1 aliphatic heterocycles. The maximum absolute atomic E-state index is 14.4. The fourth-order valence-electron chi connectivity index (χ4n) is 4.52. The van der Waals surface area contributed by atoms with Gasteiger partial charge in [0, 0.05) is 6.54 Å². The summed E-state index contributed by atoms with van der Waals surface area (Å²) in [5, 5.41) is 0. The lowest BCUT2D eigenvalue weighted by Crippen LogP contribution is -2.46. The molecule has 5 nitrogen and oxygen atoms in total. The van der Waals surface area contributed by atoms with Crippen LogP contribution in [-0.2, 0) is 14.8 Å². The van der Waals surface area contributed by atoms with Gasteiger partial charge in [-0.25, -0.2) is 30.7 Å². The van der Waals surface area contributed by atoms with E-state index in [0.29, 0.717) is 17.5 Å². The summed E-state index contributed by atoms with van der Waals surface area (Å²) in [5.41, 5.74) is -0.361. The number of alkyl halides is 2. The normalized spacial score (nSPS) is 26.9. The van der Waals surface area contributed by atoms with Crippen molar-refractivity contribution in [2.24, 2.45) is 5.41 Å². The molecule has 0 aromatic heterocycles. The largest absolute Gasteiger partial charge is 0.334 e. The molecule has 2 aromatic rings. The Balaban J connectivity index is 1.60. The Hall–Kier alpha value is -2.46. The van der Waals surface area contributed by atoms with Crippen LogP contribution < -0.4 is 4.72 Å². The molecule has 0 spiro atoms. The van der Waals surface area contributed by atoms with Crippen LogP contribution in [0, 0.1) is 17.0 Å². The minimum atomic E-state index is -3.88. The highest BCUT2D eigenvalue weighted by atomic mass is 32.2. The van der Waals surface area contributed by atoms with Crippen LogP contribution in [0.25, 0.3) is 11.1 Å². The smallest absolute Gasteiger partial charge is 0.283 e. The SMILES string of the molecule is CC1(C(=O)N2CC(NS(C)(=O)=O)C(F)(F)C2)CC1c1ccccc1-c1c(F)cccc1F. The first-order valence-corrected chi connectivity index (χ1v) is 11.9. The van der Waals surface area contributed by atoms with E-state index in [2.05, 4.69) is 0 Å². The van der Waals surface area contributed by atoms with Crippen LogP contribution in [0.3, 0.4) is 0 Å². The maximum atomic E-state index is 14.4. The van der Waals surface area contributed by atoms with Crippen molar-refractivity contribution < 1.29 is 30.8 Å². The number of carbonyl (C=O) groups excluding carboxylic acids is 1. The van der Waals surface area contributed by atoms with Crippen LogP contribution in [0.2, 0.25) is 0 Å². The Morgan fingerprint density at radius 1 is 1.09 bits per heavy atom. The molecule has 4 rings (SSSR count). The van der Waals surface area contributed by atoms with E-state index in [1.807, 2.05) is 4.72 Å². The average molecular weight is 470 g/mol. The number of hydrogen-bond donors (Lipinski definition) is 1. The molecule has 2 aliphatic rings. The third kappa shape index (κ3) is 4.01. The number of halogens is 4. The van der Waals surface area contributed by atoms with Crippen molar-refractivity contribution in [3.05, 3.63) is 59.7 Å². The lowest BCUT2D eigenvalue weighted by atomic mass is 9.92. The zero-order chi connectivity index (χ0) is 23.5. The monoisotopic (exact) mass is 470 g/mol. The van der Waals surface area contributed by atoms with Gasteiger partial charge in [0.15, 0.2) is 0 Å². The second-order valence-electron chi connectivity index (χ2n) is 8.75. The van der Waals surface area contributed by atoms with E-state index in [4.69, 9.17) is 0 Å². The molecule has 2 aromatic carbocycles. The van der Waals surface area contributed by atoms with Crippen molar-refractivity contribution >= 4 is 15.9 Å². The van der Waals surface area contributed by atoms with Gasteiger partial charge >= 0.3 is 0 Å². The van der Waals surface area contributed by atoms with Crippen molar-refractivity contribution in [2.45, 2.75) is 31.2 Å². The Kier molecular flexibility index (Phi) is 5.36. The topological polar surface area (TPSA) is 66.5 Å². The lowest BCUT2D eigenvalue weighted by Gasteiger charge is -2.22. The van der Waals surface area contributed by atoms with Crippen molar-refractivity contribution in [2.75, 3.05) is 19.3 Å². The van der Waals surface area contributed by atoms with Crippen molar-refractivity contribution in [3.8, 4) is 11.1 Å². The van der Waals surface area contributed by atoms with Crippen LogP contribution in [0.5, 0.6) is 0 Å². The van der Waals surface area contributed by atoms with Gasteiger partial charge in [-0.05, 0) is 35.6 Å². The molecule has 1 heterocycles. The molecule has 32 heavy (non-hydrogen) atoms. The maximum Gasteiger partial charge on any atom is 0.283 e. The van der Waals surface area contributed by atoms with Crippen LogP contribution in [0.1, 0.15) is 24.8 Å². The first-order valence-electron chi connectivity index (χ1n) is 10.0. The predicted molar refractivity (Wildman–Crippen MR) is 111 cm³/mol. The van der Waals surface area contributed by atoms with Crippen LogP contribution in [0.15, 0.2) is 42.5 Å². The van der Waals surface area contributed by atoms with Gasteiger partial charge in [-0.3, -0.25) is 4.79 Å². The van der Waals surface area contributed by atoms with E-state index in [9.17, 15) is 30.8 Å². The second-order valence-corrected chi connectivity index (χ2v) is 10.5. The quantitative estimate of drug-likeness (QED) is 0.680. The van der Waals surface area contributed by atoms with Gasteiger partial charge in [0.1, 0.15) is 17.7 Å². The summed E-state index contributed by atoms with van der Waals surface area (Å²) in [6, 6.07) is 8.41. The number of hydrogen-bond acceptors (Lipinski definition) is 3. The van der Waals surface area contributed by atoms with Crippen LogP contribution >= 0.6 is 0 Å². The molecule has 10 heteroatoms. The van der Waals surface area contributed by atoms with Gasteiger partial charge in [-0.1, -0.05) is 37.3 Å². The van der Waals surface area contributed by atoms with Crippen molar-refractivity contribution in [1.29, 1.82) is 0 Å². The predicted octanol–water partition coefficient (Wildman–Crippen LogP) is 3.52. The van der Waals surface area contributed by atoms with Gasteiger partial charge in [0.05, 0.1) is 23.8 Å². The summed E-state index contributed by atoms with van der Waals surface area (Å²) in [5.74, 6) is -5.84. The number of nitrogens with one attached hydrogen (secondary N) is 1. The van der Waals surface area contributed by atoms with E-state index in [1.54, 1.807) is 31.2 Å². The summed E-state index contributed by atoms with van der Waals surface area (Å²) in [4.78, 5) is 14.1. The molecule has 1 N–H and O–H groups in total. The number of likely N-dealkylation sites (tertiary alicyclic amines) is 1. The molecule has 1 aliphatic carbocycles.